The molecule has 1 N–H and O–H groups in total. The van der Waals surface area contributed by atoms with Gasteiger partial charge < -0.3 is 15.0 Å². The first-order chi connectivity index (χ1) is 8.28. The predicted octanol–water partition coefficient (Wildman–Crippen LogP) is 2.63. The lowest BCUT2D eigenvalue weighted by molar-refractivity contribution is 0.0166. The lowest BCUT2D eigenvalue weighted by atomic mass is 9.98. The van der Waals surface area contributed by atoms with Gasteiger partial charge in [0.15, 0.2) is 0 Å². The molecule has 1 atom stereocenters. The fourth-order valence-corrected chi connectivity index (χ4v) is 2.13. The van der Waals surface area contributed by atoms with Gasteiger partial charge in [-0.3, -0.25) is 0 Å². The zero-order valence-electron chi connectivity index (χ0n) is 12.5. The van der Waals surface area contributed by atoms with E-state index in [0.717, 1.165) is 26.1 Å². The lowest BCUT2D eigenvalue weighted by Crippen LogP contribution is -2.45. The summed E-state index contributed by atoms with van der Waals surface area (Å²) >= 11 is 0. The number of rotatable bonds is 3. The first-order valence-corrected chi connectivity index (χ1v) is 6.99. The van der Waals surface area contributed by atoms with E-state index in [9.17, 15) is 4.79 Å². The summed E-state index contributed by atoms with van der Waals surface area (Å²) in [7, 11) is 0. The zero-order chi connectivity index (χ0) is 13.8. The highest BCUT2D eigenvalue weighted by Gasteiger charge is 2.27. The van der Waals surface area contributed by atoms with Crippen LogP contribution >= 0.6 is 0 Å². The lowest BCUT2D eigenvalue weighted by Gasteiger charge is -2.34. The van der Waals surface area contributed by atoms with Gasteiger partial charge in [0.2, 0.25) is 0 Å². The first kappa shape index (κ1) is 15.3. The van der Waals surface area contributed by atoms with Crippen LogP contribution < -0.4 is 5.32 Å². The second kappa shape index (κ2) is 6.41. The number of likely N-dealkylation sites (tertiary alicyclic amines) is 1. The van der Waals surface area contributed by atoms with Crippen LogP contribution in [0.15, 0.2) is 0 Å². The van der Waals surface area contributed by atoms with Crippen LogP contribution in [-0.2, 0) is 4.74 Å². The number of hydrogen-bond donors (Lipinski definition) is 1. The molecule has 4 nitrogen and oxygen atoms in total. The molecule has 1 aliphatic rings. The SMILES string of the molecule is CC(C)NCC1CCCN(C(=O)OC(C)(C)C)C1. The first-order valence-electron chi connectivity index (χ1n) is 6.99. The Bertz CT molecular complexity index is 271. The molecule has 1 fully saturated rings. The van der Waals surface area contributed by atoms with E-state index in [1.165, 1.54) is 6.42 Å². The van der Waals surface area contributed by atoms with Crippen LogP contribution in [0.25, 0.3) is 0 Å². The molecule has 0 bridgehead atoms. The molecule has 1 rings (SSSR count). The van der Waals surface area contributed by atoms with Gasteiger partial charge >= 0.3 is 6.09 Å². The van der Waals surface area contributed by atoms with Crippen molar-refractivity contribution >= 4 is 6.09 Å². The molecule has 0 saturated carbocycles. The third-order valence-electron chi connectivity index (χ3n) is 2.99. The molecule has 1 aliphatic heterocycles. The Morgan fingerprint density at radius 3 is 2.67 bits per heavy atom. The Labute approximate surface area is 111 Å². The molecular formula is C14H28N2O2. The van der Waals surface area contributed by atoms with Gasteiger partial charge in [0.05, 0.1) is 0 Å². The summed E-state index contributed by atoms with van der Waals surface area (Å²) in [5, 5.41) is 3.44. The summed E-state index contributed by atoms with van der Waals surface area (Å²) in [6.07, 6.45) is 2.10. The van der Waals surface area contributed by atoms with E-state index in [4.69, 9.17) is 4.74 Å². The highest BCUT2D eigenvalue weighted by molar-refractivity contribution is 5.68. The maximum atomic E-state index is 12.0. The van der Waals surface area contributed by atoms with E-state index in [2.05, 4.69) is 19.2 Å². The topological polar surface area (TPSA) is 41.6 Å². The van der Waals surface area contributed by atoms with E-state index in [1.807, 2.05) is 25.7 Å². The Morgan fingerprint density at radius 2 is 2.11 bits per heavy atom. The predicted molar refractivity (Wildman–Crippen MR) is 73.7 cm³/mol. The summed E-state index contributed by atoms with van der Waals surface area (Å²) in [6, 6.07) is 0.502. The molecule has 1 heterocycles. The van der Waals surface area contributed by atoms with Gasteiger partial charge in [0, 0.05) is 19.1 Å². The number of hydrogen-bond acceptors (Lipinski definition) is 3. The number of nitrogens with one attached hydrogen (secondary N) is 1. The van der Waals surface area contributed by atoms with Gasteiger partial charge in [0.1, 0.15) is 5.60 Å². The van der Waals surface area contributed by atoms with Gasteiger partial charge in [0.25, 0.3) is 0 Å². The minimum Gasteiger partial charge on any atom is -0.444 e. The molecule has 0 spiro atoms. The second-order valence-electron chi connectivity index (χ2n) is 6.50. The van der Waals surface area contributed by atoms with Gasteiger partial charge in [-0.25, -0.2) is 4.79 Å². The fraction of sp³-hybridized carbons (Fsp3) is 0.929. The number of carbonyl (C=O) groups excluding carboxylic acids is 1. The monoisotopic (exact) mass is 256 g/mol. The Hall–Kier alpha value is -0.770. The Balaban J connectivity index is 2.40. The summed E-state index contributed by atoms with van der Waals surface area (Å²) in [5.41, 5.74) is -0.403. The molecule has 0 radical (unpaired) electrons. The molecular weight excluding hydrogens is 228 g/mol. The minimum absolute atomic E-state index is 0.170. The molecule has 1 unspecified atom stereocenters. The van der Waals surface area contributed by atoms with Crippen molar-refractivity contribution in [2.24, 2.45) is 5.92 Å². The van der Waals surface area contributed by atoms with Crippen molar-refractivity contribution in [3.63, 3.8) is 0 Å². The summed E-state index contributed by atoms with van der Waals surface area (Å²) in [6.45, 7) is 12.6. The van der Waals surface area contributed by atoms with Gasteiger partial charge in [-0.15, -0.1) is 0 Å². The molecule has 4 heteroatoms. The van der Waals surface area contributed by atoms with Gasteiger partial charge in [-0.2, -0.15) is 0 Å². The molecule has 0 aromatic heterocycles. The number of piperidine rings is 1. The summed E-state index contributed by atoms with van der Waals surface area (Å²) in [5.74, 6) is 0.550. The Morgan fingerprint density at radius 1 is 1.44 bits per heavy atom. The van der Waals surface area contributed by atoms with E-state index in [1.54, 1.807) is 0 Å². The second-order valence-corrected chi connectivity index (χ2v) is 6.50. The number of nitrogens with zero attached hydrogens (tertiary/aromatic N) is 1. The number of carbonyl (C=O) groups is 1. The minimum atomic E-state index is -0.403. The van der Waals surface area contributed by atoms with Crippen molar-refractivity contribution in [1.82, 2.24) is 10.2 Å². The van der Waals surface area contributed by atoms with E-state index < -0.39 is 5.60 Å². The maximum Gasteiger partial charge on any atom is 0.410 e. The quantitative estimate of drug-likeness (QED) is 0.844. The van der Waals surface area contributed by atoms with E-state index >= 15 is 0 Å². The van der Waals surface area contributed by atoms with Crippen LogP contribution in [0.2, 0.25) is 0 Å². The Kier molecular flexibility index (Phi) is 5.45. The summed E-state index contributed by atoms with van der Waals surface area (Å²) < 4.78 is 5.42. The van der Waals surface area contributed by atoms with Crippen molar-refractivity contribution in [1.29, 1.82) is 0 Å². The van der Waals surface area contributed by atoms with Crippen LogP contribution in [0, 0.1) is 5.92 Å². The maximum absolute atomic E-state index is 12.0. The third kappa shape index (κ3) is 5.71. The summed E-state index contributed by atoms with van der Waals surface area (Å²) in [4.78, 5) is 13.8. The van der Waals surface area contributed by atoms with Crippen molar-refractivity contribution in [3.05, 3.63) is 0 Å². The van der Waals surface area contributed by atoms with Gasteiger partial charge in [-0.05, 0) is 46.1 Å². The highest BCUT2D eigenvalue weighted by atomic mass is 16.6. The average Bonchev–Trinajstić information content (AvgIpc) is 2.24. The van der Waals surface area contributed by atoms with E-state index in [-0.39, 0.29) is 6.09 Å². The smallest absolute Gasteiger partial charge is 0.410 e. The average molecular weight is 256 g/mol. The van der Waals surface area contributed by atoms with Crippen LogP contribution in [-0.4, -0.2) is 42.3 Å². The number of ether oxygens (including phenoxy) is 1. The van der Waals surface area contributed by atoms with Crippen LogP contribution in [0.1, 0.15) is 47.5 Å². The normalized spacial score (nSPS) is 21.2. The molecule has 1 amide bonds. The van der Waals surface area contributed by atoms with Crippen molar-refractivity contribution in [3.8, 4) is 0 Å². The third-order valence-corrected chi connectivity index (χ3v) is 2.99. The van der Waals surface area contributed by atoms with Crippen molar-refractivity contribution < 1.29 is 9.53 Å². The van der Waals surface area contributed by atoms with Crippen molar-refractivity contribution in [2.45, 2.75) is 59.1 Å². The molecule has 1 saturated heterocycles. The van der Waals surface area contributed by atoms with Crippen LogP contribution in [0.5, 0.6) is 0 Å². The van der Waals surface area contributed by atoms with Gasteiger partial charge in [-0.1, -0.05) is 13.8 Å². The van der Waals surface area contributed by atoms with Crippen LogP contribution in [0.3, 0.4) is 0 Å². The zero-order valence-corrected chi connectivity index (χ0v) is 12.5. The largest absolute Gasteiger partial charge is 0.444 e. The molecule has 18 heavy (non-hydrogen) atoms. The number of amides is 1. The molecule has 0 aliphatic carbocycles. The highest BCUT2D eigenvalue weighted by Crippen LogP contribution is 2.18. The molecule has 106 valence electrons. The standard InChI is InChI=1S/C14H28N2O2/c1-11(2)15-9-12-7-6-8-16(10-12)13(17)18-14(3,4)5/h11-12,15H,6-10H2,1-5H3. The molecule has 0 aromatic rings. The van der Waals surface area contributed by atoms with Crippen molar-refractivity contribution in [2.75, 3.05) is 19.6 Å². The molecule has 0 aromatic carbocycles. The fourth-order valence-electron chi connectivity index (χ4n) is 2.13. The van der Waals surface area contributed by atoms with Crippen LogP contribution in [0.4, 0.5) is 4.79 Å². The van der Waals surface area contributed by atoms with E-state index in [0.29, 0.717) is 12.0 Å².